The van der Waals surface area contributed by atoms with Crippen LogP contribution in [0.3, 0.4) is 0 Å². The average molecular weight is 306 g/mol. The number of hydrogen-bond donors (Lipinski definition) is 1. The molecule has 1 spiro atoms. The fourth-order valence-corrected chi connectivity index (χ4v) is 6.40. The Balaban J connectivity index is 2.04. The summed E-state index contributed by atoms with van der Waals surface area (Å²) in [7, 11) is 0. The summed E-state index contributed by atoms with van der Waals surface area (Å²) >= 11 is 0. The number of aliphatic hydroxyl groups excluding tert-OH is 1. The van der Waals surface area contributed by atoms with Gasteiger partial charge in [0.25, 0.3) is 0 Å². The second kappa shape index (κ2) is 5.08. The van der Waals surface area contributed by atoms with Gasteiger partial charge in [-0.15, -0.1) is 6.58 Å². The van der Waals surface area contributed by atoms with Crippen LogP contribution in [0.4, 0.5) is 0 Å². The maximum atomic E-state index is 10.1. The van der Waals surface area contributed by atoms with Gasteiger partial charge < -0.3 is 9.84 Å². The summed E-state index contributed by atoms with van der Waals surface area (Å²) < 4.78 is 6.85. The molecule has 1 heterocycles. The van der Waals surface area contributed by atoms with Crippen LogP contribution < -0.4 is 0 Å². The van der Waals surface area contributed by atoms with Crippen molar-refractivity contribution in [2.24, 2.45) is 22.7 Å². The van der Waals surface area contributed by atoms with Gasteiger partial charge in [0.05, 0.1) is 11.2 Å². The van der Waals surface area contributed by atoms with E-state index in [1.165, 1.54) is 25.7 Å². The van der Waals surface area contributed by atoms with Gasteiger partial charge in [-0.2, -0.15) is 0 Å². The highest BCUT2D eigenvalue weighted by atomic mass is 16.5. The monoisotopic (exact) mass is 306 g/mol. The Morgan fingerprint density at radius 3 is 2.45 bits per heavy atom. The fourth-order valence-electron chi connectivity index (χ4n) is 6.40. The normalized spacial score (nSPS) is 55.1. The van der Waals surface area contributed by atoms with E-state index in [0.29, 0.717) is 18.4 Å². The van der Waals surface area contributed by atoms with Gasteiger partial charge in [0, 0.05) is 12.0 Å². The van der Waals surface area contributed by atoms with Crippen LogP contribution in [0.25, 0.3) is 0 Å². The molecule has 22 heavy (non-hydrogen) atoms. The Bertz CT molecular complexity index is 461. The van der Waals surface area contributed by atoms with Crippen LogP contribution in [-0.2, 0) is 4.74 Å². The number of rotatable bonds is 2. The third kappa shape index (κ3) is 1.99. The van der Waals surface area contributed by atoms with Crippen LogP contribution in [0, 0.1) is 22.7 Å². The molecular weight excluding hydrogens is 272 g/mol. The third-order valence-corrected chi connectivity index (χ3v) is 7.91. The first-order valence-corrected chi connectivity index (χ1v) is 9.20. The molecule has 0 aromatic carbocycles. The Kier molecular flexibility index (Phi) is 3.81. The van der Waals surface area contributed by atoms with E-state index in [0.717, 1.165) is 19.3 Å². The quantitative estimate of drug-likeness (QED) is 0.748. The van der Waals surface area contributed by atoms with Crippen molar-refractivity contribution >= 4 is 0 Å². The molecule has 1 N–H and O–H groups in total. The largest absolute Gasteiger partial charge is 0.396 e. The van der Waals surface area contributed by atoms with Crippen LogP contribution in [-0.4, -0.2) is 22.9 Å². The van der Waals surface area contributed by atoms with E-state index < -0.39 is 0 Å². The predicted molar refractivity (Wildman–Crippen MR) is 90.7 cm³/mol. The van der Waals surface area contributed by atoms with E-state index in [1.54, 1.807) is 0 Å². The van der Waals surface area contributed by atoms with Crippen molar-refractivity contribution in [3.8, 4) is 0 Å². The van der Waals surface area contributed by atoms with Gasteiger partial charge in [-0.1, -0.05) is 33.3 Å². The molecule has 0 amide bonds. The van der Waals surface area contributed by atoms with Crippen LogP contribution in [0.15, 0.2) is 12.7 Å². The van der Waals surface area contributed by atoms with Gasteiger partial charge in [0.15, 0.2) is 0 Å². The number of hydrogen-bond acceptors (Lipinski definition) is 2. The molecule has 2 heteroatoms. The van der Waals surface area contributed by atoms with Gasteiger partial charge in [-0.3, -0.25) is 0 Å². The molecule has 0 aromatic rings. The molecule has 1 aliphatic heterocycles. The summed E-state index contributed by atoms with van der Waals surface area (Å²) in [6, 6.07) is 0. The minimum atomic E-state index is -0.174. The fraction of sp³-hybridized carbons (Fsp3) is 0.900. The van der Waals surface area contributed by atoms with Crippen molar-refractivity contribution in [1.29, 1.82) is 0 Å². The van der Waals surface area contributed by atoms with Gasteiger partial charge in [-0.05, 0) is 62.7 Å². The lowest BCUT2D eigenvalue weighted by Gasteiger charge is -2.64. The highest BCUT2D eigenvalue weighted by Gasteiger charge is 2.66. The summed E-state index contributed by atoms with van der Waals surface area (Å²) in [5.41, 5.74) is 0.0414. The average Bonchev–Trinajstić information content (AvgIpc) is 2.86. The summed E-state index contributed by atoms with van der Waals surface area (Å²) in [4.78, 5) is 0. The van der Waals surface area contributed by atoms with Crippen LogP contribution in [0.5, 0.6) is 0 Å². The second-order valence-corrected chi connectivity index (χ2v) is 9.12. The molecule has 1 saturated heterocycles. The predicted octanol–water partition coefficient (Wildman–Crippen LogP) is 4.72. The maximum Gasteiger partial charge on any atom is 0.0840 e. The highest BCUT2D eigenvalue weighted by Crippen LogP contribution is 2.67. The minimum absolute atomic E-state index is 0.0320. The Labute approximate surface area is 136 Å². The molecule has 6 atom stereocenters. The molecule has 0 aromatic heterocycles. The van der Waals surface area contributed by atoms with Gasteiger partial charge in [0.2, 0.25) is 0 Å². The molecule has 2 saturated carbocycles. The molecule has 3 rings (SSSR count). The summed E-state index contributed by atoms with van der Waals surface area (Å²) in [5.74, 6) is 1.17. The van der Waals surface area contributed by atoms with E-state index in [-0.39, 0.29) is 22.0 Å². The molecule has 2 nitrogen and oxygen atoms in total. The third-order valence-electron chi connectivity index (χ3n) is 7.91. The van der Waals surface area contributed by atoms with Crippen molar-refractivity contribution in [2.45, 2.75) is 83.8 Å². The Morgan fingerprint density at radius 2 is 1.86 bits per heavy atom. The first-order chi connectivity index (χ1) is 10.3. The summed E-state index contributed by atoms with van der Waals surface area (Å²) in [6.07, 6.45) is 10.3. The van der Waals surface area contributed by atoms with E-state index in [2.05, 4.69) is 34.3 Å². The minimum Gasteiger partial charge on any atom is -0.396 e. The molecular formula is C20H34O2. The number of ether oxygens (including phenoxy) is 1. The highest BCUT2D eigenvalue weighted by molar-refractivity contribution is 5.17. The van der Waals surface area contributed by atoms with Gasteiger partial charge in [0.1, 0.15) is 0 Å². The van der Waals surface area contributed by atoms with Crippen molar-refractivity contribution in [1.82, 2.24) is 0 Å². The second-order valence-electron chi connectivity index (χ2n) is 9.12. The van der Waals surface area contributed by atoms with E-state index in [9.17, 15) is 5.11 Å². The lowest BCUT2D eigenvalue weighted by Crippen LogP contribution is -2.63. The number of aliphatic hydroxyl groups is 1. The standard InChI is InChI=1S/C20H34O2/c1-6-18(4)12-13-20(22-18)15(2)8-9-16-17(3,14-21)10-7-11-19(16,20)5/h6,15-16,21H,1,7-14H2,2-5H3/t15-,16-,17+,18-,19-,20+/m0/s1. The Morgan fingerprint density at radius 1 is 1.14 bits per heavy atom. The van der Waals surface area contributed by atoms with E-state index in [4.69, 9.17) is 4.74 Å². The zero-order chi connectivity index (χ0) is 16.2. The van der Waals surface area contributed by atoms with Crippen LogP contribution in [0.1, 0.15) is 72.6 Å². The van der Waals surface area contributed by atoms with Crippen molar-refractivity contribution in [2.75, 3.05) is 6.61 Å². The Hall–Kier alpha value is -0.340. The number of fused-ring (bicyclic) bond motifs is 2. The first kappa shape index (κ1) is 16.5. The SMILES string of the molecule is C=C[C@@]1(C)CC[C@@]2(O1)[C@@H](C)CC[C@H]1[C@@](C)(CO)CCC[C@@]12C. The smallest absolute Gasteiger partial charge is 0.0840 e. The topological polar surface area (TPSA) is 29.5 Å². The lowest BCUT2D eigenvalue weighted by molar-refractivity contribution is -0.242. The molecule has 0 unspecified atom stereocenters. The van der Waals surface area contributed by atoms with Gasteiger partial charge >= 0.3 is 0 Å². The molecule has 0 radical (unpaired) electrons. The zero-order valence-corrected chi connectivity index (χ0v) is 15.0. The van der Waals surface area contributed by atoms with Crippen LogP contribution in [0.2, 0.25) is 0 Å². The zero-order valence-electron chi connectivity index (χ0n) is 15.0. The lowest BCUT2D eigenvalue weighted by atomic mass is 9.44. The van der Waals surface area contributed by atoms with Crippen molar-refractivity contribution in [3.63, 3.8) is 0 Å². The van der Waals surface area contributed by atoms with Crippen molar-refractivity contribution in [3.05, 3.63) is 12.7 Å². The van der Waals surface area contributed by atoms with Gasteiger partial charge in [-0.25, -0.2) is 0 Å². The molecule has 2 aliphatic carbocycles. The molecule has 126 valence electrons. The van der Waals surface area contributed by atoms with Crippen LogP contribution >= 0.6 is 0 Å². The summed E-state index contributed by atoms with van der Waals surface area (Å²) in [5, 5.41) is 10.1. The van der Waals surface area contributed by atoms with E-state index in [1.807, 2.05) is 6.08 Å². The molecule has 3 fully saturated rings. The molecule has 3 aliphatic rings. The van der Waals surface area contributed by atoms with Crippen molar-refractivity contribution < 1.29 is 9.84 Å². The molecule has 0 bridgehead atoms. The first-order valence-electron chi connectivity index (χ1n) is 9.20. The summed E-state index contributed by atoms with van der Waals surface area (Å²) in [6.45, 7) is 13.7. The maximum absolute atomic E-state index is 10.1. The van der Waals surface area contributed by atoms with E-state index >= 15 is 0 Å².